The van der Waals surface area contributed by atoms with E-state index in [1.54, 1.807) is 12.1 Å². The second-order valence-electron chi connectivity index (χ2n) is 5.28. The summed E-state index contributed by atoms with van der Waals surface area (Å²) in [6.45, 7) is 4.19. The minimum Gasteiger partial charge on any atom is -0.355 e. The molecular weight excluding hydrogens is 253 g/mol. The monoisotopic (exact) mass is 269 g/mol. The maximum Gasteiger partial charge on any atom is 0.222 e. The SMILES string of the molecule is CC(C)C(=O)NCC1(c2ccc(Cl)cc2F)CC1. The first kappa shape index (κ1) is 13.3. The van der Waals surface area contributed by atoms with Crippen LogP contribution in [0.4, 0.5) is 4.39 Å². The maximum atomic E-state index is 13.9. The Bertz CT molecular complexity index is 469. The Balaban J connectivity index is 2.10. The van der Waals surface area contributed by atoms with Crippen LogP contribution in [0.25, 0.3) is 0 Å². The molecule has 1 aromatic rings. The predicted molar refractivity (Wildman–Crippen MR) is 70.2 cm³/mol. The quantitative estimate of drug-likeness (QED) is 0.893. The Hall–Kier alpha value is -1.09. The van der Waals surface area contributed by atoms with E-state index < -0.39 is 0 Å². The van der Waals surface area contributed by atoms with Crippen molar-refractivity contribution in [2.45, 2.75) is 32.1 Å². The lowest BCUT2D eigenvalue weighted by Crippen LogP contribution is -2.35. The zero-order valence-electron chi connectivity index (χ0n) is 10.6. The molecule has 2 nitrogen and oxygen atoms in total. The highest BCUT2D eigenvalue weighted by Crippen LogP contribution is 2.48. The number of halogens is 2. The highest BCUT2D eigenvalue weighted by atomic mass is 35.5. The smallest absolute Gasteiger partial charge is 0.222 e. The van der Waals surface area contributed by atoms with Crippen LogP contribution in [0.3, 0.4) is 0 Å². The molecule has 0 saturated heterocycles. The van der Waals surface area contributed by atoms with E-state index in [1.807, 2.05) is 13.8 Å². The largest absolute Gasteiger partial charge is 0.355 e. The van der Waals surface area contributed by atoms with Crippen LogP contribution in [0.2, 0.25) is 5.02 Å². The van der Waals surface area contributed by atoms with E-state index in [-0.39, 0.29) is 23.1 Å². The first-order valence-electron chi connectivity index (χ1n) is 6.18. The molecular formula is C14H17ClFNO. The summed E-state index contributed by atoms with van der Waals surface area (Å²) in [6, 6.07) is 4.76. The van der Waals surface area contributed by atoms with Gasteiger partial charge >= 0.3 is 0 Å². The van der Waals surface area contributed by atoms with Crippen molar-refractivity contribution in [3.8, 4) is 0 Å². The van der Waals surface area contributed by atoms with Gasteiger partial charge in [-0.15, -0.1) is 0 Å². The van der Waals surface area contributed by atoms with Gasteiger partial charge in [0, 0.05) is 22.9 Å². The van der Waals surface area contributed by atoms with E-state index >= 15 is 0 Å². The summed E-state index contributed by atoms with van der Waals surface area (Å²) in [4.78, 5) is 11.6. The molecule has 1 fully saturated rings. The van der Waals surface area contributed by atoms with Crippen molar-refractivity contribution in [2.75, 3.05) is 6.54 Å². The number of carbonyl (C=O) groups is 1. The average Bonchev–Trinajstić information content (AvgIpc) is 3.06. The Kier molecular flexibility index (Phi) is 3.62. The van der Waals surface area contributed by atoms with Crippen molar-refractivity contribution in [2.24, 2.45) is 5.92 Å². The number of benzene rings is 1. The number of hydrogen-bond donors (Lipinski definition) is 1. The van der Waals surface area contributed by atoms with Crippen LogP contribution in [0, 0.1) is 11.7 Å². The van der Waals surface area contributed by atoms with Gasteiger partial charge in [-0.3, -0.25) is 4.79 Å². The van der Waals surface area contributed by atoms with Gasteiger partial charge in [0.2, 0.25) is 5.91 Å². The lowest BCUT2D eigenvalue weighted by molar-refractivity contribution is -0.124. The molecule has 0 aliphatic heterocycles. The summed E-state index contributed by atoms with van der Waals surface area (Å²) in [5.74, 6) is -0.315. The van der Waals surface area contributed by atoms with Crippen LogP contribution in [0.1, 0.15) is 32.3 Å². The molecule has 1 aliphatic carbocycles. The fourth-order valence-corrected chi connectivity index (χ4v) is 2.23. The fourth-order valence-electron chi connectivity index (χ4n) is 2.07. The summed E-state index contributed by atoms with van der Waals surface area (Å²) >= 11 is 5.75. The lowest BCUT2D eigenvalue weighted by Gasteiger charge is -2.18. The molecule has 0 unspecified atom stereocenters. The van der Waals surface area contributed by atoms with Crippen LogP contribution < -0.4 is 5.32 Å². The van der Waals surface area contributed by atoms with E-state index in [0.717, 1.165) is 12.8 Å². The van der Waals surface area contributed by atoms with Crippen molar-refractivity contribution in [3.05, 3.63) is 34.6 Å². The first-order chi connectivity index (χ1) is 8.44. The van der Waals surface area contributed by atoms with Gasteiger partial charge < -0.3 is 5.32 Å². The minimum atomic E-state index is -0.279. The summed E-state index contributed by atoms with van der Waals surface area (Å²) in [7, 11) is 0. The van der Waals surface area contributed by atoms with Crippen LogP contribution in [-0.4, -0.2) is 12.5 Å². The van der Waals surface area contributed by atoms with Crippen LogP contribution in [0.15, 0.2) is 18.2 Å². The Morgan fingerprint density at radius 1 is 1.50 bits per heavy atom. The van der Waals surface area contributed by atoms with Crippen molar-refractivity contribution in [3.63, 3.8) is 0 Å². The third kappa shape index (κ3) is 2.66. The molecule has 1 amide bonds. The second kappa shape index (κ2) is 4.88. The maximum absolute atomic E-state index is 13.9. The zero-order valence-corrected chi connectivity index (χ0v) is 11.4. The molecule has 0 bridgehead atoms. The Labute approximate surface area is 112 Å². The molecule has 4 heteroatoms. The molecule has 0 heterocycles. The molecule has 98 valence electrons. The van der Waals surface area contributed by atoms with E-state index in [9.17, 15) is 9.18 Å². The highest BCUT2D eigenvalue weighted by molar-refractivity contribution is 6.30. The van der Waals surface area contributed by atoms with Gasteiger partial charge in [-0.25, -0.2) is 4.39 Å². The molecule has 0 atom stereocenters. The van der Waals surface area contributed by atoms with Gasteiger partial charge in [-0.05, 0) is 30.5 Å². The third-order valence-corrected chi connectivity index (χ3v) is 3.72. The summed E-state index contributed by atoms with van der Waals surface area (Å²) in [5, 5.41) is 3.29. The van der Waals surface area contributed by atoms with Gasteiger partial charge in [0.1, 0.15) is 5.82 Å². The lowest BCUT2D eigenvalue weighted by atomic mass is 9.95. The molecule has 1 saturated carbocycles. The van der Waals surface area contributed by atoms with Crippen LogP contribution >= 0.6 is 11.6 Å². The highest BCUT2D eigenvalue weighted by Gasteiger charge is 2.46. The van der Waals surface area contributed by atoms with Gasteiger partial charge in [0.15, 0.2) is 0 Å². The summed E-state index contributed by atoms with van der Waals surface area (Å²) in [6.07, 6.45) is 1.81. The Morgan fingerprint density at radius 2 is 2.17 bits per heavy atom. The molecule has 0 spiro atoms. The number of rotatable bonds is 4. The molecule has 1 N–H and O–H groups in total. The molecule has 0 radical (unpaired) electrons. The molecule has 1 aliphatic rings. The van der Waals surface area contributed by atoms with Crippen molar-refractivity contribution in [1.29, 1.82) is 0 Å². The Morgan fingerprint density at radius 3 is 2.67 bits per heavy atom. The van der Waals surface area contributed by atoms with Crippen molar-refractivity contribution in [1.82, 2.24) is 5.32 Å². The normalized spacial score (nSPS) is 16.7. The molecule has 18 heavy (non-hydrogen) atoms. The number of carbonyl (C=O) groups excluding carboxylic acids is 1. The van der Waals surface area contributed by atoms with E-state index in [2.05, 4.69) is 5.32 Å². The van der Waals surface area contributed by atoms with Gasteiger partial charge in [0.05, 0.1) is 0 Å². The van der Waals surface area contributed by atoms with Gasteiger partial charge in [-0.1, -0.05) is 31.5 Å². The van der Waals surface area contributed by atoms with Gasteiger partial charge in [0.25, 0.3) is 0 Å². The molecule has 0 aromatic heterocycles. The fraction of sp³-hybridized carbons (Fsp3) is 0.500. The summed E-state index contributed by atoms with van der Waals surface area (Å²) in [5.41, 5.74) is 0.440. The number of nitrogens with one attached hydrogen (secondary N) is 1. The minimum absolute atomic E-state index is 0.00986. The van der Waals surface area contributed by atoms with Crippen LogP contribution in [-0.2, 0) is 10.2 Å². The number of amides is 1. The second-order valence-corrected chi connectivity index (χ2v) is 5.71. The van der Waals surface area contributed by atoms with E-state index in [1.165, 1.54) is 6.07 Å². The molecule has 2 rings (SSSR count). The average molecular weight is 270 g/mol. The number of hydrogen-bond acceptors (Lipinski definition) is 1. The first-order valence-corrected chi connectivity index (χ1v) is 6.56. The van der Waals surface area contributed by atoms with Crippen LogP contribution in [0.5, 0.6) is 0 Å². The standard InChI is InChI=1S/C14H17ClFNO/c1-9(2)13(18)17-8-14(5-6-14)11-4-3-10(15)7-12(11)16/h3-4,7,9H,5-6,8H2,1-2H3,(H,17,18). The van der Waals surface area contributed by atoms with Crippen molar-refractivity contribution >= 4 is 17.5 Å². The van der Waals surface area contributed by atoms with Gasteiger partial charge in [-0.2, -0.15) is 0 Å². The third-order valence-electron chi connectivity index (χ3n) is 3.48. The van der Waals surface area contributed by atoms with E-state index in [0.29, 0.717) is 17.1 Å². The predicted octanol–water partition coefficient (Wildman–Crippen LogP) is 3.28. The molecule has 1 aromatic carbocycles. The van der Waals surface area contributed by atoms with Crippen molar-refractivity contribution < 1.29 is 9.18 Å². The zero-order chi connectivity index (χ0) is 13.3. The van der Waals surface area contributed by atoms with E-state index in [4.69, 9.17) is 11.6 Å². The summed E-state index contributed by atoms with van der Waals surface area (Å²) < 4.78 is 13.9. The topological polar surface area (TPSA) is 29.1 Å².